The van der Waals surface area contributed by atoms with Crippen molar-refractivity contribution in [2.45, 2.75) is 38.5 Å². The van der Waals surface area contributed by atoms with Gasteiger partial charge in [0.15, 0.2) is 5.82 Å². The molecule has 2 unspecified atom stereocenters. The average Bonchev–Trinajstić information content (AvgIpc) is 2.66. The highest BCUT2D eigenvalue weighted by atomic mass is 16.5. The lowest BCUT2D eigenvalue weighted by Gasteiger charge is -2.27. The molecule has 0 bridgehead atoms. The van der Waals surface area contributed by atoms with Gasteiger partial charge >= 0.3 is 0 Å². The Kier molecular flexibility index (Phi) is 3.27. The molecule has 1 aliphatic heterocycles. The summed E-state index contributed by atoms with van der Waals surface area (Å²) in [4.78, 5) is 0. The fourth-order valence-electron chi connectivity index (χ4n) is 1.97. The Hall–Kier alpha value is -1.01. The molecule has 1 aromatic heterocycles. The van der Waals surface area contributed by atoms with E-state index in [1.807, 2.05) is 11.7 Å². The van der Waals surface area contributed by atoms with Gasteiger partial charge in [0.05, 0.1) is 18.7 Å². The smallest absolute Gasteiger partial charge is 0.165 e. The number of nitrogens with zero attached hydrogens (tertiary/aromatic N) is 4. The van der Waals surface area contributed by atoms with Crippen molar-refractivity contribution in [3.05, 3.63) is 5.82 Å². The third-order valence-electron chi connectivity index (χ3n) is 2.70. The molecule has 2 atom stereocenters. The second-order valence-corrected chi connectivity index (χ2v) is 3.93. The van der Waals surface area contributed by atoms with Crippen LogP contribution in [0.5, 0.6) is 0 Å². The molecule has 6 heteroatoms. The molecular weight excluding hydrogens is 194 g/mol. The maximum Gasteiger partial charge on any atom is 0.165 e. The molecule has 0 amide bonds. The lowest BCUT2D eigenvalue weighted by atomic mass is 10.0. The first-order valence-electron chi connectivity index (χ1n) is 5.34. The van der Waals surface area contributed by atoms with Gasteiger partial charge in [-0.25, -0.2) is 4.68 Å². The number of nitrogens with one attached hydrogen (secondary N) is 1. The normalized spacial score (nSPS) is 26.8. The summed E-state index contributed by atoms with van der Waals surface area (Å²) in [7, 11) is 1.89. The molecule has 0 saturated carbocycles. The summed E-state index contributed by atoms with van der Waals surface area (Å²) in [5.41, 5.74) is 0. The molecule has 84 valence electrons. The summed E-state index contributed by atoms with van der Waals surface area (Å²) in [6.45, 7) is 3.59. The number of hydrogen-bond acceptors (Lipinski definition) is 5. The van der Waals surface area contributed by atoms with Crippen molar-refractivity contribution < 1.29 is 4.74 Å². The zero-order chi connectivity index (χ0) is 10.7. The van der Waals surface area contributed by atoms with E-state index < -0.39 is 0 Å². The van der Waals surface area contributed by atoms with Crippen LogP contribution in [0.4, 0.5) is 0 Å². The summed E-state index contributed by atoms with van der Waals surface area (Å²) in [5.74, 6) is 0.900. The van der Waals surface area contributed by atoms with E-state index in [-0.39, 0.29) is 0 Å². The predicted molar refractivity (Wildman–Crippen MR) is 54.3 cm³/mol. The van der Waals surface area contributed by atoms with Crippen LogP contribution in [0.15, 0.2) is 0 Å². The van der Waals surface area contributed by atoms with E-state index in [0.717, 1.165) is 25.3 Å². The predicted octanol–water partition coefficient (Wildman–Crippen LogP) is 0.132. The van der Waals surface area contributed by atoms with Crippen molar-refractivity contribution in [2.24, 2.45) is 0 Å². The van der Waals surface area contributed by atoms with E-state index in [4.69, 9.17) is 4.74 Å². The van der Waals surface area contributed by atoms with Crippen molar-refractivity contribution in [1.82, 2.24) is 25.5 Å². The first-order valence-corrected chi connectivity index (χ1v) is 5.34. The highest BCUT2D eigenvalue weighted by Crippen LogP contribution is 2.24. The molecule has 1 aliphatic rings. The number of aromatic nitrogens is 4. The fourth-order valence-corrected chi connectivity index (χ4v) is 1.97. The van der Waals surface area contributed by atoms with Gasteiger partial charge in [-0.1, -0.05) is 0 Å². The molecule has 6 nitrogen and oxygen atoms in total. The Morgan fingerprint density at radius 2 is 2.47 bits per heavy atom. The van der Waals surface area contributed by atoms with E-state index in [0.29, 0.717) is 18.7 Å². The summed E-state index contributed by atoms with van der Waals surface area (Å²) in [6.07, 6.45) is 2.28. The van der Waals surface area contributed by atoms with E-state index >= 15 is 0 Å². The monoisotopic (exact) mass is 211 g/mol. The number of hydrogen-bond donors (Lipinski definition) is 1. The second-order valence-electron chi connectivity index (χ2n) is 3.93. The summed E-state index contributed by atoms with van der Waals surface area (Å²) in [5, 5.41) is 14.8. The maximum atomic E-state index is 5.51. The Balaban J connectivity index is 2.10. The van der Waals surface area contributed by atoms with Gasteiger partial charge in [-0.3, -0.25) is 0 Å². The minimum Gasteiger partial charge on any atom is -0.378 e. The Labute approximate surface area is 89.0 Å². The number of rotatable bonds is 3. The second kappa shape index (κ2) is 4.67. The van der Waals surface area contributed by atoms with Gasteiger partial charge in [0.25, 0.3) is 0 Å². The highest BCUT2D eigenvalue weighted by Gasteiger charge is 2.23. The highest BCUT2D eigenvalue weighted by molar-refractivity contribution is 4.85. The Bertz CT molecular complexity index is 313. The first-order chi connectivity index (χ1) is 7.31. The standard InChI is InChI=1S/C9H17N5O/c1-7-5-8(3-4-15-7)14-9(6-10-2)11-12-13-14/h7-8,10H,3-6H2,1-2H3. The van der Waals surface area contributed by atoms with Gasteiger partial charge < -0.3 is 10.1 Å². The van der Waals surface area contributed by atoms with Crippen molar-refractivity contribution in [3.8, 4) is 0 Å². The SMILES string of the molecule is CNCc1nnnn1C1CCOC(C)C1. The van der Waals surface area contributed by atoms with E-state index in [1.165, 1.54) is 0 Å². The lowest BCUT2D eigenvalue weighted by molar-refractivity contribution is 0.00250. The van der Waals surface area contributed by atoms with Crippen LogP contribution in [-0.2, 0) is 11.3 Å². The van der Waals surface area contributed by atoms with Gasteiger partial charge in [-0.2, -0.15) is 0 Å². The summed E-state index contributed by atoms with van der Waals surface area (Å²) >= 11 is 0. The Morgan fingerprint density at radius 1 is 1.60 bits per heavy atom. The molecule has 2 rings (SSSR count). The van der Waals surface area contributed by atoms with Gasteiger partial charge in [-0.15, -0.1) is 5.10 Å². The molecule has 0 radical (unpaired) electrons. The van der Waals surface area contributed by atoms with E-state index in [1.54, 1.807) is 0 Å². The topological polar surface area (TPSA) is 64.9 Å². The largest absolute Gasteiger partial charge is 0.378 e. The maximum absolute atomic E-state index is 5.51. The lowest BCUT2D eigenvalue weighted by Crippen LogP contribution is -2.28. The van der Waals surface area contributed by atoms with Crippen LogP contribution < -0.4 is 5.32 Å². The van der Waals surface area contributed by atoms with E-state index in [9.17, 15) is 0 Å². The van der Waals surface area contributed by atoms with Crippen LogP contribution in [-0.4, -0.2) is 40.0 Å². The Morgan fingerprint density at radius 3 is 3.20 bits per heavy atom. The minimum absolute atomic E-state index is 0.301. The van der Waals surface area contributed by atoms with Crippen LogP contribution >= 0.6 is 0 Å². The number of ether oxygens (including phenoxy) is 1. The van der Waals surface area contributed by atoms with Gasteiger partial charge in [0, 0.05) is 6.61 Å². The van der Waals surface area contributed by atoms with Gasteiger partial charge in [-0.05, 0) is 37.2 Å². The average molecular weight is 211 g/mol. The minimum atomic E-state index is 0.301. The molecule has 0 aliphatic carbocycles. The van der Waals surface area contributed by atoms with Gasteiger partial charge in [0.2, 0.25) is 0 Å². The molecule has 0 spiro atoms. The van der Waals surface area contributed by atoms with Crippen molar-refractivity contribution in [1.29, 1.82) is 0 Å². The summed E-state index contributed by atoms with van der Waals surface area (Å²) < 4.78 is 7.43. The van der Waals surface area contributed by atoms with Gasteiger partial charge in [0.1, 0.15) is 0 Å². The zero-order valence-corrected chi connectivity index (χ0v) is 9.18. The molecule has 2 heterocycles. The first kappa shape index (κ1) is 10.5. The molecule has 1 N–H and O–H groups in total. The number of tetrazole rings is 1. The molecule has 1 saturated heterocycles. The van der Waals surface area contributed by atoms with Crippen LogP contribution in [0.1, 0.15) is 31.6 Å². The zero-order valence-electron chi connectivity index (χ0n) is 9.18. The summed E-state index contributed by atoms with van der Waals surface area (Å²) in [6, 6.07) is 0.382. The van der Waals surface area contributed by atoms with Crippen molar-refractivity contribution >= 4 is 0 Å². The van der Waals surface area contributed by atoms with Crippen molar-refractivity contribution in [3.63, 3.8) is 0 Å². The molecule has 1 fully saturated rings. The molecule has 15 heavy (non-hydrogen) atoms. The quantitative estimate of drug-likeness (QED) is 0.770. The third-order valence-corrected chi connectivity index (χ3v) is 2.70. The van der Waals surface area contributed by atoms with Crippen LogP contribution in [0.2, 0.25) is 0 Å². The molecular formula is C9H17N5O. The van der Waals surface area contributed by atoms with Crippen molar-refractivity contribution in [2.75, 3.05) is 13.7 Å². The van der Waals surface area contributed by atoms with Crippen LogP contribution in [0.25, 0.3) is 0 Å². The van der Waals surface area contributed by atoms with Crippen LogP contribution in [0, 0.1) is 0 Å². The van der Waals surface area contributed by atoms with E-state index in [2.05, 4.69) is 27.8 Å². The fraction of sp³-hybridized carbons (Fsp3) is 0.889. The molecule has 0 aromatic carbocycles. The van der Waals surface area contributed by atoms with Crippen LogP contribution in [0.3, 0.4) is 0 Å². The molecule has 1 aromatic rings. The third kappa shape index (κ3) is 2.32.